The molecule has 0 spiro atoms. The smallest absolute Gasteiger partial charge is 0.383 e. The van der Waals surface area contributed by atoms with Crippen LogP contribution in [0.3, 0.4) is 0 Å². The van der Waals surface area contributed by atoms with Crippen molar-refractivity contribution in [3.05, 3.63) is 36.0 Å². The lowest BCUT2D eigenvalue weighted by Crippen LogP contribution is -2.11. The van der Waals surface area contributed by atoms with Crippen molar-refractivity contribution in [1.82, 2.24) is 15.2 Å². The number of nitrogens with zero attached hydrogens (tertiary/aromatic N) is 3. The van der Waals surface area contributed by atoms with Gasteiger partial charge in [-0.1, -0.05) is 0 Å². The highest BCUT2D eigenvalue weighted by molar-refractivity contribution is 5.56. The molecule has 1 heterocycles. The first-order valence-electron chi connectivity index (χ1n) is 6.36. The monoisotopic (exact) mass is 313 g/mol. The van der Waals surface area contributed by atoms with Gasteiger partial charge in [-0.25, -0.2) is 0 Å². The number of hydrogen-bond acceptors (Lipinski definition) is 6. The highest BCUT2D eigenvalue weighted by atomic mass is 19.4. The SMILES string of the molecule is COCCNc1nncc(Nc2ccc(C(F)(F)F)cc2)n1. The Labute approximate surface area is 124 Å². The summed E-state index contributed by atoms with van der Waals surface area (Å²) in [5, 5.41) is 13.3. The molecule has 0 unspecified atom stereocenters. The Morgan fingerprint density at radius 3 is 2.55 bits per heavy atom. The van der Waals surface area contributed by atoms with Gasteiger partial charge >= 0.3 is 6.18 Å². The first-order chi connectivity index (χ1) is 10.5. The Bertz CT molecular complexity index is 603. The average molecular weight is 313 g/mol. The van der Waals surface area contributed by atoms with Gasteiger partial charge in [-0.2, -0.15) is 23.3 Å². The van der Waals surface area contributed by atoms with Crippen LogP contribution in [0.2, 0.25) is 0 Å². The second-order valence-electron chi connectivity index (χ2n) is 4.28. The van der Waals surface area contributed by atoms with Crippen LogP contribution >= 0.6 is 0 Å². The minimum Gasteiger partial charge on any atom is -0.383 e. The van der Waals surface area contributed by atoms with Crippen molar-refractivity contribution < 1.29 is 17.9 Å². The van der Waals surface area contributed by atoms with Crippen LogP contribution in [0.15, 0.2) is 30.5 Å². The minimum absolute atomic E-state index is 0.300. The van der Waals surface area contributed by atoms with Crippen molar-refractivity contribution in [3.63, 3.8) is 0 Å². The zero-order valence-electron chi connectivity index (χ0n) is 11.7. The lowest BCUT2D eigenvalue weighted by atomic mass is 10.2. The number of rotatable bonds is 6. The summed E-state index contributed by atoms with van der Waals surface area (Å²) in [6.45, 7) is 1.00. The summed E-state index contributed by atoms with van der Waals surface area (Å²) in [5.74, 6) is 0.670. The van der Waals surface area contributed by atoms with Crippen molar-refractivity contribution in [2.75, 3.05) is 30.9 Å². The van der Waals surface area contributed by atoms with Crippen molar-refractivity contribution in [3.8, 4) is 0 Å². The molecule has 9 heteroatoms. The van der Waals surface area contributed by atoms with E-state index in [1.807, 2.05) is 0 Å². The lowest BCUT2D eigenvalue weighted by molar-refractivity contribution is -0.137. The molecule has 0 saturated heterocycles. The Morgan fingerprint density at radius 1 is 1.18 bits per heavy atom. The molecule has 6 nitrogen and oxygen atoms in total. The number of nitrogens with one attached hydrogen (secondary N) is 2. The zero-order chi connectivity index (χ0) is 16.0. The molecule has 0 bridgehead atoms. The van der Waals surface area contributed by atoms with Crippen LogP contribution in [0.5, 0.6) is 0 Å². The van der Waals surface area contributed by atoms with Crippen LogP contribution in [0.1, 0.15) is 5.56 Å². The third kappa shape index (κ3) is 4.55. The molecule has 22 heavy (non-hydrogen) atoms. The van der Waals surface area contributed by atoms with E-state index in [1.54, 1.807) is 7.11 Å². The molecule has 0 aliphatic heterocycles. The lowest BCUT2D eigenvalue weighted by Gasteiger charge is -2.09. The normalized spacial score (nSPS) is 11.3. The summed E-state index contributed by atoms with van der Waals surface area (Å²) < 4.78 is 42.3. The van der Waals surface area contributed by atoms with Gasteiger partial charge in [0, 0.05) is 19.3 Å². The van der Waals surface area contributed by atoms with Gasteiger partial charge in [0.1, 0.15) is 0 Å². The molecular formula is C13H14F3N5O. The second-order valence-corrected chi connectivity index (χ2v) is 4.28. The maximum atomic E-state index is 12.5. The summed E-state index contributed by atoms with van der Waals surface area (Å²) in [7, 11) is 1.57. The van der Waals surface area contributed by atoms with Crippen LogP contribution in [-0.2, 0) is 10.9 Å². The van der Waals surface area contributed by atoms with Gasteiger partial charge in [0.15, 0.2) is 5.82 Å². The largest absolute Gasteiger partial charge is 0.416 e. The van der Waals surface area contributed by atoms with Crippen molar-refractivity contribution in [1.29, 1.82) is 0 Å². The fourth-order valence-electron chi connectivity index (χ4n) is 1.59. The molecule has 0 aliphatic rings. The number of aromatic nitrogens is 3. The molecule has 0 saturated carbocycles. The molecule has 1 aromatic heterocycles. The topological polar surface area (TPSA) is 72.0 Å². The Balaban J connectivity index is 2.02. The summed E-state index contributed by atoms with van der Waals surface area (Å²) in [6.07, 6.45) is -2.98. The number of benzene rings is 1. The first kappa shape index (κ1) is 16.0. The number of ether oxygens (including phenoxy) is 1. The third-order valence-electron chi connectivity index (χ3n) is 2.63. The number of alkyl halides is 3. The van der Waals surface area contributed by atoms with Crippen molar-refractivity contribution in [2.45, 2.75) is 6.18 Å². The van der Waals surface area contributed by atoms with Crippen LogP contribution in [0.4, 0.5) is 30.6 Å². The molecule has 0 atom stereocenters. The first-order valence-corrected chi connectivity index (χ1v) is 6.36. The average Bonchev–Trinajstić information content (AvgIpc) is 2.48. The molecule has 118 valence electrons. The molecule has 1 aromatic carbocycles. The van der Waals surface area contributed by atoms with Crippen LogP contribution in [0, 0.1) is 0 Å². The van der Waals surface area contributed by atoms with Gasteiger partial charge in [-0.3, -0.25) is 0 Å². The molecule has 0 aliphatic carbocycles. The number of halogens is 3. The highest BCUT2D eigenvalue weighted by Crippen LogP contribution is 2.30. The van der Waals surface area contributed by atoms with E-state index >= 15 is 0 Å². The number of hydrogen-bond donors (Lipinski definition) is 2. The fourth-order valence-corrected chi connectivity index (χ4v) is 1.59. The van der Waals surface area contributed by atoms with Gasteiger partial charge in [-0.05, 0) is 24.3 Å². The Morgan fingerprint density at radius 2 is 1.91 bits per heavy atom. The maximum absolute atomic E-state index is 12.5. The molecule has 2 aromatic rings. The van der Waals surface area contributed by atoms with Crippen molar-refractivity contribution >= 4 is 17.5 Å². The molecule has 0 fully saturated rings. The summed E-state index contributed by atoms with van der Waals surface area (Å²) in [6, 6.07) is 4.63. The molecule has 0 amide bonds. The molecule has 0 radical (unpaired) electrons. The van der Waals surface area contributed by atoms with Crippen LogP contribution in [0.25, 0.3) is 0 Å². The highest BCUT2D eigenvalue weighted by Gasteiger charge is 2.29. The van der Waals surface area contributed by atoms with Crippen LogP contribution < -0.4 is 10.6 Å². The van der Waals surface area contributed by atoms with E-state index in [-0.39, 0.29) is 0 Å². The van der Waals surface area contributed by atoms with E-state index in [0.717, 1.165) is 12.1 Å². The Hall–Kier alpha value is -2.42. The Kier molecular flexibility index (Phi) is 5.10. The van der Waals surface area contributed by atoms with Gasteiger partial charge in [0.05, 0.1) is 18.4 Å². The van der Waals surface area contributed by atoms with E-state index in [0.29, 0.717) is 30.6 Å². The number of methoxy groups -OCH3 is 1. The molecule has 2 rings (SSSR count). The van der Waals surface area contributed by atoms with Gasteiger partial charge in [0.25, 0.3) is 0 Å². The quantitative estimate of drug-likeness (QED) is 0.799. The molecule has 2 N–H and O–H groups in total. The summed E-state index contributed by atoms with van der Waals surface area (Å²) in [5.41, 5.74) is -0.239. The van der Waals surface area contributed by atoms with E-state index in [1.165, 1.54) is 18.3 Å². The summed E-state index contributed by atoms with van der Waals surface area (Å²) >= 11 is 0. The standard InChI is InChI=1S/C13H14F3N5O/c1-22-7-6-17-12-20-11(8-18-21-12)19-10-4-2-9(3-5-10)13(14,15)16/h2-5,8H,6-7H2,1H3,(H2,17,19,20,21). The predicted molar refractivity (Wildman–Crippen MR) is 74.9 cm³/mol. The minimum atomic E-state index is -4.35. The van der Waals surface area contributed by atoms with Gasteiger partial charge < -0.3 is 15.4 Å². The van der Waals surface area contributed by atoms with Crippen LogP contribution in [-0.4, -0.2) is 35.4 Å². The maximum Gasteiger partial charge on any atom is 0.416 e. The van der Waals surface area contributed by atoms with E-state index < -0.39 is 11.7 Å². The van der Waals surface area contributed by atoms with Crippen molar-refractivity contribution in [2.24, 2.45) is 0 Å². The van der Waals surface area contributed by atoms with E-state index in [4.69, 9.17) is 4.74 Å². The summed E-state index contributed by atoms with van der Waals surface area (Å²) in [4.78, 5) is 4.14. The third-order valence-corrected chi connectivity index (χ3v) is 2.63. The van der Waals surface area contributed by atoms with Gasteiger partial charge in [-0.15, -0.1) is 5.10 Å². The van der Waals surface area contributed by atoms with E-state index in [9.17, 15) is 13.2 Å². The van der Waals surface area contributed by atoms with E-state index in [2.05, 4.69) is 25.8 Å². The second kappa shape index (κ2) is 7.03. The van der Waals surface area contributed by atoms with Gasteiger partial charge in [0.2, 0.25) is 5.95 Å². The fraction of sp³-hybridized carbons (Fsp3) is 0.308. The zero-order valence-corrected chi connectivity index (χ0v) is 11.7. The number of anilines is 3. The molecular weight excluding hydrogens is 299 g/mol. The predicted octanol–water partition coefficient (Wildman–Crippen LogP) is 2.69.